The number of hydrogen-bond acceptors (Lipinski definition) is 1. The van der Waals surface area contributed by atoms with Gasteiger partial charge in [0.05, 0.1) is 0 Å². The number of fused-ring (bicyclic) bond motifs is 4. The molecule has 200 valence electrons. The lowest BCUT2D eigenvalue weighted by Crippen LogP contribution is -1.98. The zero-order valence-corrected chi connectivity index (χ0v) is 23.4. The average Bonchev–Trinajstić information content (AvgIpc) is 3.08. The summed E-state index contributed by atoms with van der Waals surface area (Å²) in [6.07, 6.45) is 0. The Morgan fingerprint density at radius 1 is 0.279 bits per heavy atom. The van der Waals surface area contributed by atoms with Gasteiger partial charge < -0.3 is 4.74 Å². The third-order valence-electron chi connectivity index (χ3n) is 8.88. The van der Waals surface area contributed by atoms with E-state index in [4.69, 9.17) is 4.74 Å². The third-order valence-corrected chi connectivity index (χ3v) is 8.88. The predicted molar refractivity (Wildman–Crippen MR) is 181 cm³/mol. The molecule has 0 amide bonds. The highest BCUT2D eigenvalue weighted by molar-refractivity contribution is 6.23. The first kappa shape index (κ1) is 24.0. The van der Waals surface area contributed by atoms with E-state index >= 15 is 0 Å². The molecule has 0 saturated carbocycles. The van der Waals surface area contributed by atoms with Crippen molar-refractivity contribution in [1.82, 2.24) is 0 Å². The van der Waals surface area contributed by atoms with Crippen molar-refractivity contribution in [3.05, 3.63) is 158 Å². The summed E-state index contributed by atoms with van der Waals surface area (Å²) in [5.74, 6) is 1.82. The van der Waals surface area contributed by atoms with E-state index in [2.05, 4.69) is 152 Å². The number of rotatable bonds is 3. The van der Waals surface area contributed by atoms with E-state index in [0.29, 0.717) is 0 Å². The molecule has 1 aliphatic rings. The second-order valence-electron chi connectivity index (χ2n) is 11.2. The Morgan fingerprint density at radius 3 is 1.53 bits per heavy atom. The molecule has 1 nitrogen and oxygen atoms in total. The average molecular weight is 547 g/mol. The van der Waals surface area contributed by atoms with Crippen LogP contribution in [0.3, 0.4) is 0 Å². The Bertz CT molecular complexity index is 2310. The van der Waals surface area contributed by atoms with Crippen LogP contribution in [-0.2, 0) is 0 Å². The van der Waals surface area contributed by atoms with Crippen LogP contribution in [0.2, 0.25) is 0 Å². The van der Waals surface area contributed by atoms with Gasteiger partial charge in [0, 0.05) is 10.9 Å². The molecular weight excluding hydrogens is 520 g/mol. The van der Waals surface area contributed by atoms with E-state index in [-0.39, 0.29) is 0 Å². The number of hydrogen-bond donors (Lipinski definition) is 0. The summed E-state index contributed by atoms with van der Waals surface area (Å²) < 4.78 is 6.43. The third kappa shape index (κ3) is 3.58. The minimum absolute atomic E-state index is 0.909. The summed E-state index contributed by atoms with van der Waals surface area (Å²) in [6, 6.07) is 56.7. The van der Waals surface area contributed by atoms with E-state index < -0.39 is 0 Å². The van der Waals surface area contributed by atoms with Crippen LogP contribution in [0.5, 0.6) is 11.5 Å². The molecule has 0 unspecified atom stereocenters. The monoisotopic (exact) mass is 546 g/mol. The van der Waals surface area contributed by atoms with E-state index in [9.17, 15) is 0 Å². The summed E-state index contributed by atoms with van der Waals surface area (Å²) in [6.45, 7) is 0. The molecule has 0 fully saturated rings. The van der Waals surface area contributed by atoms with Crippen LogP contribution in [0.15, 0.2) is 158 Å². The van der Waals surface area contributed by atoms with Crippen molar-refractivity contribution in [2.75, 3.05) is 0 Å². The van der Waals surface area contributed by atoms with Gasteiger partial charge in [-0.1, -0.05) is 146 Å². The van der Waals surface area contributed by atoms with Gasteiger partial charge in [-0.3, -0.25) is 0 Å². The van der Waals surface area contributed by atoms with Crippen molar-refractivity contribution < 1.29 is 4.74 Å². The van der Waals surface area contributed by atoms with Crippen LogP contribution in [0.1, 0.15) is 0 Å². The Balaban J connectivity index is 1.37. The van der Waals surface area contributed by atoms with Gasteiger partial charge in [0.15, 0.2) is 0 Å². The predicted octanol–water partition coefficient (Wildman–Crippen LogP) is 11.9. The topological polar surface area (TPSA) is 9.23 Å². The van der Waals surface area contributed by atoms with Crippen molar-refractivity contribution in [2.24, 2.45) is 0 Å². The van der Waals surface area contributed by atoms with Gasteiger partial charge in [0.1, 0.15) is 11.5 Å². The molecule has 0 radical (unpaired) electrons. The van der Waals surface area contributed by atoms with Crippen LogP contribution >= 0.6 is 0 Å². The molecule has 0 N–H and O–H groups in total. The molecule has 8 aromatic carbocycles. The maximum absolute atomic E-state index is 6.43. The maximum Gasteiger partial charge on any atom is 0.135 e. The molecule has 1 aliphatic heterocycles. The highest BCUT2D eigenvalue weighted by Crippen LogP contribution is 2.51. The van der Waals surface area contributed by atoms with E-state index in [1.54, 1.807) is 0 Å². The molecule has 8 aromatic rings. The fourth-order valence-electron chi connectivity index (χ4n) is 7.09. The molecule has 0 bridgehead atoms. The van der Waals surface area contributed by atoms with Gasteiger partial charge in [-0.15, -0.1) is 0 Å². The second-order valence-corrected chi connectivity index (χ2v) is 11.2. The lowest BCUT2D eigenvalue weighted by atomic mass is 9.83. The number of ether oxygens (including phenoxy) is 1. The van der Waals surface area contributed by atoms with Crippen LogP contribution in [0, 0.1) is 0 Å². The quantitative estimate of drug-likeness (QED) is 0.200. The number of para-hydroxylation sites is 1. The first-order valence-corrected chi connectivity index (χ1v) is 14.8. The molecule has 9 rings (SSSR count). The standard InChI is InChI=1S/C42H26O/c1-2-13-27(14-3-1)40-34-18-6-8-20-36(34)41(37-21-9-7-19-35(37)40)31-17-5-4-15-28(31)29-25-26-39-42-32(29)22-12-23-33(42)30-16-10-11-24-38(30)43-39/h1-26H. The molecule has 0 atom stereocenters. The van der Waals surface area contributed by atoms with Crippen LogP contribution in [0.4, 0.5) is 0 Å². The van der Waals surface area contributed by atoms with E-state index in [1.165, 1.54) is 71.3 Å². The van der Waals surface area contributed by atoms with Crippen molar-refractivity contribution >= 4 is 32.3 Å². The van der Waals surface area contributed by atoms with Crippen molar-refractivity contribution in [3.63, 3.8) is 0 Å². The zero-order valence-electron chi connectivity index (χ0n) is 23.4. The second kappa shape index (κ2) is 9.44. The zero-order chi connectivity index (χ0) is 28.3. The smallest absolute Gasteiger partial charge is 0.135 e. The molecule has 1 heteroatoms. The Hall–Kier alpha value is -5.66. The molecule has 0 spiro atoms. The Labute approximate surface area is 250 Å². The molecule has 0 saturated heterocycles. The van der Waals surface area contributed by atoms with Gasteiger partial charge in [0.2, 0.25) is 0 Å². The van der Waals surface area contributed by atoms with Gasteiger partial charge in [-0.2, -0.15) is 0 Å². The van der Waals surface area contributed by atoms with Gasteiger partial charge >= 0.3 is 0 Å². The first-order chi connectivity index (χ1) is 21.4. The maximum atomic E-state index is 6.43. The van der Waals surface area contributed by atoms with Crippen LogP contribution in [-0.4, -0.2) is 0 Å². The van der Waals surface area contributed by atoms with Crippen LogP contribution < -0.4 is 4.74 Å². The fraction of sp³-hybridized carbons (Fsp3) is 0. The van der Waals surface area contributed by atoms with Crippen LogP contribution in [0.25, 0.3) is 76.8 Å². The van der Waals surface area contributed by atoms with Gasteiger partial charge in [-0.25, -0.2) is 0 Å². The van der Waals surface area contributed by atoms with Crippen molar-refractivity contribution in [3.8, 4) is 56.0 Å². The molecule has 43 heavy (non-hydrogen) atoms. The summed E-state index contributed by atoms with van der Waals surface area (Å²) in [5, 5.41) is 7.41. The highest BCUT2D eigenvalue weighted by atomic mass is 16.5. The lowest BCUT2D eigenvalue weighted by Gasteiger charge is -2.23. The normalized spacial score (nSPS) is 11.9. The fourth-order valence-corrected chi connectivity index (χ4v) is 7.09. The molecular formula is C42H26O. The molecule has 0 aromatic heterocycles. The summed E-state index contributed by atoms with van der Waals surface area (Å²) >= 11 is 0. The van der Waals surface area contributed by atoms with Crippen molar-refractivity contribution in [2.45, 2.75) is 0 Å². The number of benzene rings is 8. The van der Waals surface area contributed by atoms with E-state index in [0.717, 1.165) is 17.1 Å². The summed E-state index contributed by atoms with van der Waals surface area (Å²) in [7, 11) is 0. The largest absolute Gasteiger partial charge is 0.456 e. The van der Waals surface area contributed by atoms with E-state index in [1.807, 2.05) is 6.07 Å². The van der Waals surface area contributed by atoms with Gasteiger partial charge in [-0.05, 0) is 78.0 Å². The summed E-state index contributed by atoms with van der Waals surface area (Å²) in [5.41, 5.74) is 9.79. The highest BCUT2D eigenvalue weighted by Gasteiger charge is 2.23. The first-order valence-electron chi connectivity index (χ1n) is 14.8. The Morgan fingerprint density at radius 2 is 0.814 bits per heavy atom. The molecule has 1 heterocycles. The minimum Gasteiger partial charge on any atom is -0.456 e. The Kier molecular flexibility index (Phi) is 5.27. The molecule has 0 aliphatic carbocycles. The minimum atomic E-state index is 0.909. The van der Waals surface area contributed by atoms with Gasteiger partial charge in [0.25, 0.3) is 0 Å². The SMILES string of the molecule is c1ccc(-c2c3ccccc3c(-c3ccccc3-c3ccc4c5c(cccc35)-c3ccccc3O4)c3ccccc23)cc1. The lowest BCUT2D eigenvalue weighted by molar-refractivity contribution is 0.487. The summed E-state index contributed by atoms with van der Waals surface area (Å²) in [4.78, 5) is 0. The van der Waals surface area contributed by atoms with Crippen molar-refractivity contribution in [1.29, 1.82) is 0 Å².